The number of aryl methyl sites for hydroxylation is 2. The first-order valence-corrected chi connectivity index (χ1v) is 9.84. The number of fused-ring (bicyclic) bond motifs is 2. The van der Waals surface area contributed by atoms with Gasteiger partial charge < -0.3 is 45.5 Å². The highest BCUT2D eigenvalue weighted by Gasteiger charge is 2.19. The second-order valence-electron chi connectivity index (χ2n) is 7.50. The van der Waals surface area contributed by atoms with Crippen LogP contribution in [0.2, 0.25) is 0 Å². The molecule has 3 aromatic heterocycles. The Morgan fingerprint density at radius 3 is 2.22 bits per heavy atom. The smallest absolute Gasteiger partial charge is 0.329 e. The first-order valence-electron chi connectivity index (χ1n) is 9.84. The molecule has 0 aliphatic rings. The SMILES string of the molecule is Cn1cnc2c1c(=O)[nH]c(=O)n2C.O.O.O=c1c(O)c(-c2ccc(O)c(O)c2)oc2cc(O)cc(O)c12. The molecule has 0 amide bonds. The molecule has 0 spiro atoms. The van der Waals surface area contributed by atoms with E-state index in [2.05, 4.69) is 9.97 Å². The van der Waals surface area contributed by atoms with Gasteiger partial charge in [0.25, 0.3) is 5.56 Å². The Labute approximate surface area is 204 Å². The number of nitrogens with one attached hydrogen (secondary N) is 1. The molecule has 5 aromatic rings. The third-order valence-electron chi connectivity index (χ3n) is 5.15. The Hall–Kier alpha value is -5.28. The van der Waals surface area contributed by atoms with E-state index in [1.54, 1.807) is 18.7 Å². The van der Waals surface area contributed by atoms with Crippen LogP contribution in [0.3, 0.4) is 0 Å². The number of imidazole rings is 1. The van der Waals surface area contributed by atoms with Crippen LogP contribution >= 0.6 is 0 Å². The van der Waals surface area contributed by atoms with Gasteiger partial charge in [0.15, 0.2) is 28.4 Å². The van der Waals surface area contributed by atoms with Crippen molar-refractivity contribution in [3.05, 3.63) is 67.7 Å². The van der Waals surface area contributed by atoms with Gasteiger partial charge in [-0.15, -0.1) is 0 Å². The summed E-state index contributed by atoms with van der Waals surface area (Å²) in [5.74, 6) is -2.71. The molecule has 15 nitrogen and oxygen atoms in total. The zero-order chi connectivity index (χ0) is 25.6. The maximum atomic E-state index is 12.1. The lowest BCUT2D eigenvalue weighted by Gasteiger charge is -2.08. The van der Waals surface area contributed by atoms with Crippen LogP contribution in [0.4, 0.5) is 0 Å². The van der Waals surface area contributed by atoms with Gasteiger partial charge in [-0.3, -0.25) is 19.1 Å². The Kier molecular flexibility index (Phi) is 7.67. The predicted molar refractivity (Wildman–Crippen MR) is 130 cm³/mol. The van der Waals surface area contributed by atoms with Gasteiger partial charge in [-0.2, -0.15) is 0 Å². The largest absolute Gasteiger partial charge is 0.508 e. The van der Waals surface area contributed by atoms with Crippen LogP contribution < -0.4 is 16.7 Å². The standard InChI is InChI=1S/C15H10O7.C7H8N4O2.2H2O/c16-7-4-10(19)12-11(5-7)22-15(14(21)13(12)20)6-1-2-8(17)9(18)3-6;1-10-3-8-5-4(10)6(12)9-7(13)11(5)2;;/h1-5,16-19,21H;3H,1-2H3,(H,9,12,13);2*1H2. The summed E-state index contributed by atoms with van der Waals surface area (Å²) in [5.41, 5.74) is -0.938. The lowest BCUT2D eigenvalue weighted by Crippen LogP contribution is -2.28. The summed E-state index contributed by atoms with van der Waals surface area (Å²) in [6.45, 7) is 0. The molecule has 0 bridgehead atoms. The van der Waals surface area contributed by atoms with Crippen LogP contribution in [0.5, 0.6) is 28.7 Å². The number of hydrogen-bond acceptors (Lipinski definition) is 10. The number of hydrogen-bond donors (Lipinski definition) is 6. The molecule has 0 atom stereocenters. The number of phenolic OH excluding ortho intramolecular Hbond substituents is 4. The van der Waals surface area contributed by atoms with Gasteiger partial charge in [0, 0.05) is 31.8 Å². The molecule has 0 fully saturated rings. The van der Waals surface area contributed by atoms with Crippen LogP contribution in [0.15, 0.2) is 55.5 Å². The third kappa shape index (κ3) is 4.79. The van der Waals surface area contributed by atoms with Crippen LogP contribution in [0, 0.1) is 0 Å². The number of benzene rings is 2. The molecule has 0 aliphatic carbocycles. The minimum Gasteiger partial charge on any atom is -0.508 e. The average Bonchev–Trinajstić information content (AvgIpc) is 3.19. The molecule has 15 heteroatoms. The van der Waals surface area contributed by atoms with Crippen molar-refractivity contribution < 1.29 is 40.9 Å². The molecule has 0 unspecified atom stereocenters. The van der Waals surface area contributed by atoms with Crippen molar-refractivity contribution in [2.45, 2.75) is 0 Å². The van der Waals surface area contributed by atoms with E-state index in [1.165, 1.54) is 17.0 Å². The number of aromatic nitrogens is 4. The molecule has 10 N–H and O–H groups in total. The minimum absolute atomic E-state index is 0. The van der Waals surface area contributed by atoms with Gasteiger partial charge in [0.05, 0.1) is 6.33 Å². The van der Waals surface area contributed by atoms with Gasteiger partial charge in [0.1, 0.15) is 22.5 Å². The Morgan fingerprint density at radius 1 is 0.892 bits per heavy atom. The lowest BCUT2D eigenvalue weighted by molar-refractivity contribution is 0.403. The quantitative estimate of drug-likeness (QED) is 0.152. The van der Waals surface area contributed by atoms with E-state index >= 15 is 0 Å². The first-order chi connectivity index (χ1) is 16.5. The average molecular weight is 518 g/mol. The van der Waals surface area contributed by atoms with Crippen molar-refractivity contribution >= 4 is 22.1 Å². The van der Waals surface area contributed by atoms with Crippen molar-refractivity contribution in [1.29, 1.82) is 0 Å². The molecule has 0 saturated heterocycles. The van der Waals surface area contributed by atoms with Gasteiger partial charge in [0.2, 0.25) is 11.2 Å². The van der Waals surface area contributed by atoms with E-state index in [0.717, 1.165) is 24.3 Å². The van der Waals surface area contributed by atoms with E-state index in [-0.39, 0.29) is 44.7 Å². The Bertz CT molecular complexity index is 1800. The summed E-state index contributed by atoms with van der Waals surface area (Å²) >= 11 is 0. The fourth-order valence-electron chi connectivity index (χ4n) is 3.40. The van der Waals surface area contributed by atoms with Gasteiger partial charge >= 0.3 is 5.69 Å². The van der Waals surface area contributed by atoms with Crippen LogP contribution in [0.1, 0.15) is 0 Å². The molecule has 37 heavy (non-hydrogen) atoms. The normalized spacial score (nSPS) is 10.3. The molecule has 0 aliphatic heterocycles. The van der Waals surface area contributed by atoms with E-state index in [4.69, 9.17) is 4.42 Å². The van der Waals surface area contributed by atoms with E-state index in [9.17, 15) is 39.9 Å². The Balaban J connectivity index is 0.000000277. The summed E-state index contributed by atoms with van der Waals surface area (Å²) < 4.78 is 8.23. The monoisotopic (exact) mass is 518 g/mol. The van der Waals surface area contributed by atoms with Crippen LogP contribution in [-0.4, -0.2) is 55.6 Å². The summed E-state index contributed by atoms with van der Waals surface area (Å²) in [4.78, 5) is 40.7. The van der Waals surface area contributed by atoms with E-state index in [1.807, 2.05) is 0 Å². The molecule has 0 radical (unpaired) electrons. The van der Waals surface area contributed by atoms with Crippen molar-refractivity contribution in [3.63, 3.8) is 0 Å². The molecule has 5 rings (SSSR count). The topological polar surface area (TPSA) is 267 Å². The summed E-state index contributed by atoms with van der Waals surface area (Å²) in [5, 5.41) is 47.6. The van der Waals surface area contributed by atoms with E-state index in [0.29, 0.717) is 11.2 Å². The molecular formula is C22H22N4O11. The fraction of sp³-hybridized carbons (Fsp3) is 0.0909. The van der Waals surface area contributed by atoms with Gasteiger partial charge in [-0.25, -0.2) is 9.78 Å². The summed E-state index contributed by atoms with van der Waals surface area (Å²) in [7, 11) is 3.27. The first kappa shape index (κ1) is 28.0. The lowest BCUT2D eigenvalue weighted by atomic mass is 10.1. The van der Waals surface area contributed by atoms with Crippen molar-refractivity contribution in [3.8, 4) is 40.1 Å². The third-order valence-corrected chi connectivity index (χ3v) is 5.15. The van der Waals surface area contributed by atoms with E-state index < -0.39 is 33.9 Å². The molecule has 196 valence electrons. The van der Waals surface area contributed by atoms with Crippen LogP contribution in [0.25, 0.3) is 33.5 Å². The highest BCUT2D eigenvalue weighted by molar-refractivity contribution is 5.88. The Morgan fingerprint density at radius 2 is 1.57 bits per heavy atom. The number of nitrogens with zero attached hydrogens (tertiary/aromatic N) is 3. The minimum atomic E-state index is -0.888. The zero-order valence-corrected chi connectivity index (χ0v) is 19.2. The second-order valence-corrected chi connectivity index (χ2v) is 7.50. The molecular weight excluding hydrogens is 496 g/mol. The summed E-state index contributed by atoms with van der Waals surface area (Å²) in [6, 6.07) is 5.64. The number of aromatic hydroxyl groups is 5. The second kappa shape index (κ2) is 10.1. The number of rotatable bonds is 1. The van der Waals surface area contributed by atoms with Crippen molar-refractivity contribution in [2.75, 3.05) is 0 Å². The van der Waals surface area contributed by atoms with Gasteiger partial charge in [-0.05, 0) is 18.2 Å². The molecule has 3 heterocycles. The predicted octanol–water partition coefficient (Wildman–Crippen LogP) is -0.701. The maximum Gasteiger partial charge on any atom is 0.329 e. The van der Waals surface area contributed by atoms with Crippen molar-refractivity contribution in [2.24, 2.45) is 14.1 Å². The molecule has 0 saturated carbocycles. The maximum absolute atomic E-state index is 12.1. The molecule has 2 aromatic carbocycles. The number of phenols is 4. The zero-order valence-electron chi connectivity index (χ0n) is 19.2. The van der Waals surface area contributed by atoms with Crippen LogP contribution in [-0.2, 0) is 14.1 Å². The van der Waals surface area contributed by atoms with Gasteiger partial charge in [-0.1, -0.05) is 0 Å². The van der Waals surface area contributed by atoms with Crippen molar-refractivity contribution in [1.82, 2.24) is 19.1 Å². The number of H-pyrrole nitrogens is 1. The highest BCUT2D eigenvalue weighted by Crippen LogP contribution is 2.37. The fourth-order valence-corrected chi connectivity index (χ4v) is 3.40. The highest BCUT2D eigenvalue weighted by atomic mass is 16.4. The number of aromatic amines is 1. The summed E-state index contributed by atoms with van der Waals surface area (Å²) in [6.07, 6.45) is 1.50.